The Balaban J connectivity index is 1.13. The van der Waals surface area contributed by atoms with Crippen molar-refractivity contribution in [1.29, 1.82) is 0 Å². The predicted octanol–water partition coefficient (Wildman–Crippen LogP) is 4.80. The zero-order valence-corrected chi connectivity index (χ0v) is 31.5. The average Bonchev–Trinajstić information content (AvgIpc) is 3.87. The first kappa shape index (κ1) is 39.5. The van der Waals surface area contributed by atoms with Gasteiger partial charge in [0.2, 0.25) is 0 Å². The van der Waals surface area contributed by atoms with E-state index in [4.69, 9.17) is 43.6 Å². The van der Waals surface area contributed by atoms with Crippen LogP contribution in [0.25, 0.3) is 0 Å². The number of methoxy groups -OCH3 is 1. The van der Waals surface area contributed by atoms with E-state index in [0.29, 0.717) is 52.0 Å². The van der Waals surface area contributed by atoms with E-state index < -0.39 is 17.3 Å². The van der Waals surface area contributed by atoms with Gasteiger partial charge in [0.25, 0.3) is 0 Å². The molecule has 0 radical (unpaired) electrons. The van der Waals surface area contributed by atoms with Crippen LogP contribution in [0.1, 0.15) is 86.5 Å². The summed E-state index contributed by atoms with van der Waals surface area (Å²) in [7, 11) is 1.71. The number of ether oxygens (including phenoxy) is 8. The maximum Gasteiger partial charge on any atom is 0.407 e. The molecule has 0 spiro atoms. The number of hydrogen-bond acceptors (Lipinski definition) is 11. The first-order valence-electron chi connectivity index (χ1n) is 19.0. The Morgan fingerprint density at radius 2 is 1.46 bits per heavy atom. The molecule has 50 heavy (non-hydrogen) atoms. The van der Waals surface area contributed by atoms with Gasteiger partial charge in [0.1, 0.15) is 11.2 Å². The van der Waals surface area contributed by atoms with E-state index >= 15 is 0 Å². The highest BCUT2D eigenvalue weighted by molar-refractivity contribution is 5.68. The van der Waals surface area contributed by atoms with Crippen molar-refractivity contribution < 1.29 is 47.5 Å². The summed E-state index contributed by atoms with van der Waals surface area (Å²) in [5.74, 6) is 1.69. The lowest BCUT2D eigenvalue weighted by Crippen LogP contribution is -2.42. The van der Waals surface area contributed by atoms with Crippen molar-refractivity contribution in [2.45, 2.75) is 123 Å². The average molecular weight is 712 g/mol. The van der Waals surface area contributed by atoms with E-state index in [1.165, 1.54) is 0 Å². The number of amides is 2. The van der Waals surface area contributed by atoms with Gasteiger partial charge in [-0.1, -0.05) is 6.42 Å². The first-order chi connectivity index (χ1) is 23.7. The summed E-state index contributed by atoms with van der Waals surface area (Å²) in [5.41, 5.74) is 5.23. The number of carbonyl (C=O) groups excluding carboxylic acids is 2. The number of nitrogens with two attached hydrogens (primary N) is 1. The molecule has 0 bridgehead atoms. The minimum atomic E-state index is -0.570. The van der Waals surface area contributed by atoms with Crippen LogP contribution in [0, 0.1) is 47.3 Å². The summed E-state index contributed by atoms with van der Waals surface area (Å²) < 4.78 is 48.3. The molecular formula is C37H65N3O10. The SMILES string of the molecule is COC(OCC1C[C@H](CN)[C@H](C2OCC(C3CC[C@@H](C4OCCO4)[C@H]3CNC(=O)OC(C)(C)C)O2)C1)[C@@H]1CCC[C@@H]1CNC(=O)OC(C)(C)C. The van der Waals surface area contributed by atoms with E-state index in [0.717, 1.165) is 44.9 Å². The Morgan fingerprint density at radius 3 is 2.10 bits per heavy atom. The van der Waals surface area contributed by atoms with Gasteiger partial charge in [-0.15, -0.1) is 0 Å². The molecule has 5 unspecified atom stereocenters. The van der Waals surface area contributed by atoms with E-state index in [-0.39, 0.29) is 72.5 Å². The van der Waals surface area contributed by atoms with Gasteiger partial charge in [0, 0.05) is 38.0 Å². The van der Waals surface area contributed by atoms with Crippen LogP contribution in [0.4, 0.5) is 9.59 Å². The van der Waals surface area contributed by atoms with E-state index in [2.05, 4.69) is 10.6 Å². The van der Waals surface area contributed by atoms with Gasteiger partial charge < -0.3 is 54.3 Å². The van der Waals surface area contributed by atoms with Gasteiger partial charge in [0.15, 0.2) is 18.9 Å². The van der Waals surface area contributed by atoms with Crippen LogP contribution in [0.2, 0.25) is 0 Å². The molecule has 13 nitrogen and oxygen atoms in total. The largest absolute Gasteiger partial charge is 0.444 e. The lowest BCUT2D eigenvalue weighted by atomic mass is 9.85. The highest BCUT2D eigenvalue weighted by Crippen LogP contribution is 2.47. The maximum atomic E-state index is 12.6. The monoisotopic (exact) mass is 711 g/mol. The minimum Gasteiger partial charge on any atom is -0.444 e. The van der Waals surface area contributed by atoms with Crippen molar-refractivity contribution in [2.24, 2.45) is 53.1 Å². The van der Waals surface area contributed by atoms with Gasteiger partial charge in [-0.3, -0.25) is 0 Å². The molecule has 4 N–H and O–H groups in total. The highest BCUT2D eigenvalue weighted by Gasteiger charge is 2.50. The van der Waals surface area contributed by atoms with Crippen LogP contribution < -0.4 is 16.4 Å². The molecule has 0 aromatic rings. The Hall–Kier alpha value is -1.74. The van der Waals surface area contributed by atoms with Gasteiger partial charge in [-0.25, -0.2) is 9.59 Å². The van der Waals surface area contributed by atoms with Crippen LogP contribution >= 0.6 is 0 Å². The minimum absolute atomic E-state index is 0.0861. The van der Waals surface area contributed by atoms with E-state index in [1.54, 1.807) is 7.11 Å². The zero-order chi connectivity index (χ0) is 36.1. The zero-order valence-electron chi connectivity index (χ0n) is 31.5. The quantitative estimate of drug-likeness (QED) is 0.226. The highest BCUT2D eigenvalue weighted by atomic mass is 16.7. The fraction of sp³-hybridized carbons (Fsp3) is 0.946. The summed E-state index contributed by atoms with van der Waals surface area (Å²) in [4.78, 5) is 24.9. The van der Waals surface area contributed by atoms with Crippen LogP contribution in [-0.4, -0.2) is 102 Å². The second kappa shape index (κ2) is 17.4. The fourth-order valence-electron chi connectivity index (χ4n) is 9.08. The van der Waals surface area contributed by atoms with E-state index in [1.807, 2.05) is 41.5 Å². The molecule has 3 aliphatic carbocycles. The lowest BCUT2D eigenvalue weighted by molar-refractivity contribution is -0.170. The van der Waals surface area contributed by atoms with Crippen LogP contribution in [0.15, 0.2) is 0 Å². The van der Waals surface area contributed by atoms with Crippen molar-refractivity contribution >= 4 is 12.2 Å². The van der Waals surface area contributed by atoms with Crippen LogP contribution in [0.3, 0.4) is 0 Å². The molecule has 13 heteroatoms. The standard InChI is InChI=1S/C37H65N3O10/c1-36(2,3)49-34(41)39-18-23-9-8-10-25(23)31(43-7)46-20-22-15-24(17-38)28(16-22)33-47-21-30(48-33)26-11-12-27(32-44-13-14-45-32)29(26)19-40-35(42)50-37(4,5)6/h22-33H,8-21,38H2,1-7H3,(H,39,41)(H,40,42)/t22?,23-,24-,25-,26?,27-,28-,29+,30?,31?,33?/m1/s1. The molecule has 2 saturated heterocycles. The van der Waals surface area contributed by atoms with Crippen LogP contribution in [-0.2, 0) is 37.9 Å². The van der Waals surface area contributed by atoms with Gasteiger partial charge in [-0.05, 0) is 116 Å². The fourth-order valence-corrected chi connectivity index (χ4v) is 9.08. The van der Waals surface area contributed by atoms with Crippen molar-refractivity contribution in [1.82, 2.24) is 10.6 Å². The molecule has 11 atom stereocenters. The Morgan fingerprint density at radius 1 is 0.800 bits per heavy atom. The molecular weight excluding hydrogens is 646 g/mol. The summed E-state index contributed by atoms with van der Waals surface area (Å²) >= 11 is 0. The number of nitrogens with one attached hydrogen (secondary N) is 2. The Kier molecular flexibility index (Phi) is 13.7. The molecule has 5 rings (SSSR count). The number of rotatable bonds is 13. The Labute approximate surface area is 299 Å². The van der Waals surface area contributed by atoms with Gasteiger partial charge in [-0.2, -0.15) is 0 Å². The smallest absolute Gasteiger partial charge is 0.407 e. The third-order valence-electron chi connectivity index (χ3n) is 11.2. The number of hydrogen-bond donors (Lipinski definition) is 3. The second-order valence-corrected chi connectivity index (χ2v) is 17.1. The molecule has 3 saturated carbocycles. The summed E-state index contributed by atoms with van der Waals surface area (Å²) in [6, 6.07) is 0. The van der Waals surface area contributed by atoms with Crippen molar-refractivity contribution in [3.8, 4) is 0 Å². The van der Waals surface area contributed by atoms with Gasteiger partial charge >= 0.3 is 12.2 Å². The second-order valence-electron chi connectivity index (χ2n) is 17.1. The van der Waals surface area contributed by atoms with Gasteiger partial charge in [0.05, 0.1) is 32.5 Å². The van der Waals surface area contributed by atoms with Crippen molar-refractivity contribution in [3.05, 3.63) is 0 Å². The molecule has 5 fully saturated rings. The predicted molar refractivity (Wildman–Crippen MR) is 185 cm³/mol. The van der Waals surface area contributed by atoms with E-state index in [9.17, 15) is 9.59 Å². The molecule has 2 heterocycles. The molecule has 0 aromatic heterocycles. The topological polar surface area (TPSA) is 158 Å². The third kappa shape index (κ3) is 10.7. The molecule has 2 aliphatic heterocycles. The molecule has 0 aromatic carbocycles. The van der Waals surface area contributed by atoms with Crippen molar-refractivity contribution in [2.75, 3.05) is 53.2 Å². The summed E-state index contributed by atoms with van der Waals surface area (Å²) in [6.07, 6.45) is 5.01. The molecule has 2 amide bonds. The number of alkyl carbamates (subject to hydrolysis) is 2. The Bertz CT molecular complexity index is 1090. The summed E-state index contributed by atoms with van der Waals surface area (Å²) in [6.45, 7) is 15.0. The maximum absolute atomic E-state index is 12.6. The molecule has 5 aliphatic rings. The third-order valence-corrected chi connectivity index (χ3v) is 11.2. The first-order valence-corrected chi connectivity index (χ1v) is 19.0. The lowest BCUT2D eigenvalue weighted by Gasteiger charge is -2.31. The van der Waals surface area contributed by atoms with Crippen LogP contribution in [0.5, 0.6) is 0 Å². The molecule has 288 valence electrons. The normalized spacial score (nSPS) is 35.8. The number of carbonyl (C=O) groups is 2. The summed E-state index contributed by atoms with van der Waals surface area (Å²) in [5, 5.41) is 5.96. The van der Waals surface area contributed by atoms with Crippen molar-refractivity contribution in [3.63, 3.8) is 0 Å².